The lowest BCUT2D eigenvalue weighted by Crippen LogP contribution is -2.51. The van der Waals surface area contributed by atoms with Crippen LogP contribution in [0.15, 0.2) is 53.3 Å². The number of nitrogens with one attached hydrogen (secondary N) is 3. The normalized spacial score (nSPS) is 16.1. The fourth-order valence-corrected chi connectivity index (χ4v) is 7.60. The number of nitrogens with zero attached hydrogens (tertiary/aromatic N) is 4. The third-order valence-corrected chi connectivity index (χ3v) is 11.3. The summed E-state index contributed by atoms with van der Waals surface area (Å²) in [5.74, 6) is -1.08. The van der Waals surface area contributed by atoms with Gasteiger partial charge in [0.15, 0.2) is 5.60 Å². The number of fused-ring (bicyclic) bond motifs is 5. The molecule has 3 atom stereocenters. The molecule has 6 rings (SSSR count). The maximum absolute atomic E-state index is 13.7. The second-order valence-corrected chi connectivity index (χ2v) is 15.7. The van der Waals surface area contributed by atoms with Crippen molar-refractivity contribution in [3.63, 3.8) is 0 Å². The van der Waals surface area contributed by atoms with Crippen molar-refractivity contribution in [2.45, 2.75) is 84.9 Å². The van der Waals surface area contributed by atoms with Crippen molar-refractivity contribution in [3.8, 4) is 17.1 Å². The second-order valence-electron chi connectivity index (χ2n) is 15.7. The molecule has 324 valence electrons. The average Bonchev–Trinajstić information content (AvgIpc) is 3.61. The Balaban J connectivity index is 1.02. The maximum atomic E-state index is 13.7. The minimum absolute atomic E-state index is 0.0226. The van der Waals surface area contributed by atoms with Gasteiger partial charge in [-0.2, -0.15) is 0 Å². The van der Waals surface area contributed by atoms with Crippen LogP contribution in [0.5, 0.6) is 5.75 Å². The Kier molecular flexibility index (Phi) is 13.1. The van der Waals surface area contributed by atoms with Crippen LogP contribution in [0.3, 0.4) is 0 Å². The molecule has 0 radical (unpaired) electrons. The molecule has 0 bridgehead atoms. The summed E-state index contributed by atoms with van der Waals surface area (Å²) in [4.78, 5) is 84.9. The van der Waals surface area contributed by atoms with E-state index in [2.05, 4.69) is 16.0 Å². The number of anilines is 1. The predicted molar refractivity (Wildman–Crippen MR) is 226 cm³/mol. The third-order valence-electron chi connectivity index (χ3n) is 11.3. The molecule has 2 aliphatic heterocycles. The molecule has 0 saturated carbocycles. The van der Waals surface area contributed by atoms with Gasteiger partial charge in [-0.05, 0) is 80.3 Å². The van der Waals surface area contributed by atoms with Gasteiger partial charge in [-0.15, -0.1) is 0 Å². The summed E-state index contributed by atoms with van der Waals surface area (Å²) in [5.41, 5.74) is 2.90. The Morgan fingerprint density at radius 1 is 0.951 bits per heavy atom. The molecule has 4 heterocycles. The smallest absolute Gasteiger partial charge is 0.415 e. The number of hydrogen-bond donors (Lipinski definition) is 4. The number of rotatable bonds is 14. The number of aromatic nitrogens is 2. The quantitative estimate of drug-likeness (QED) is 0.117. The lowest BCUT2D eigenvalue weighted by atomic mass is 9.86. The molecule has 2 aliphatic rings. The summed E-state index contributed by atoms with van der Waals surface area (Å²) < 4.78 is 18.0. The van der Waals surface area contributed by atoms with E-state index in [0.717, 1.165) is 16.5 Å². The van der Waals surface area contributed by atoms with Crippen LogP contribution < -0.4 is 26.2 Å². The van der Waals surface area contributed by atoms with Crippen LogP contribution in [0, 0.1) is 5.92 Å². The number of likely N-dealkylation sites (N-methyl/N-ethyl adjacent to an activating group) is 3. The maximum Gasteiger partial charge on any atom is 0.415 e. The van der Waals surface area contributed by atoms with Crippen LogP contribution in [-0.2, 0) is 55.6 Å². The molecular formula is C44H53N7O10. The van der Waals surface area contributed by atoms with Gasteiger partial charge in [0.1, 0.15) is 25.0 Å². The number of benzene rings is 2. The van der Waals surface area contributed by atoms with E-state index in [-0.39, 0.29) is 79.4 Å². The Morgan fingerprint density at radius 2 is 1.64 bits per heavy atom. The molecule has 17 heteroatoms. The van der Waals surface area contributed by atoms with Crippen molar-refractivity contribution in [2.24, 2.45) is 5.92 Å². The van der Waals surface area contributed by atoms with E-state index in [4.69, 9.17) is 19.2 Å². The molecule has 0 saturated heterocycles. The number of carbonyl (C=O) groups excluding carboxylic acids is 5. The largest absolute Gasteiger partial charge is 0.458 e. The van der Waals surface area contributed by atoms with Crippen molar-refractivity contribution in [3.05, 3.63) is 86.7 Å². The Labute approximate surface area is 353 Å². The molecule has 2 aromatic heterocycles. The number of ether oxygens (including phenoxy) is 3. The van der Waals surface area contributed by atoms with E-state index < -0.39 is 35.8 Å². The zero-order chi connectivity index (χ0) is 44.3. The van der Waals surface area contributed by atoms with Crippen LogP contribution >= 0.6 is 0 Å². The third kappa shape index (κ3) is 8.93. The minimum Gasteiger partial charge on any atom is -0.458 e. The van der Waals surface area contributed by atoms with Gasteiger partial charge in [0, 0.05) is 49.4 Å². The van der Waals surface area contributed by atoms with E-state index in [1.807, 2.05) is 20.8 Å². The zero-order valence-electron chi connectivity index (χ0n) is 35.7. The highest BCUT2D eigenvalue weighted by molar-refractivity contribution is 5.97. The number of amides is 4. The second kappa shape index (κ2) is 18.1. The number of aliphatic hydroxyl groups is 1. The van der Waals surface area contributed by atoms with Crippen molar-refractivity contribution in [2.75, 3.05) is 39.5 Å². The van der Waals surface area contributed by atoms with Crippen LogP contribution in [0.2, 0.25) is 0 Å². The number of cyclic esters (lactones) is 1. The topological polar surface area (TPSA) is 211 Å². The van der Waals surface area contributed by atoms with E-state index in [1.165, 1.54) is 9.80 Å². The highest BCUT2D eigenvalue weighted by Gasteiger charge is 2.45. The number of hydrogen-bond acceptors (Lipinski definition) is 12. The van der Waals surface area contributed by atoms with Gasteiger partial charge in [-0.25, -0.2) is 19.4 Å². The van der Waals surface area contributed by atoms with Crippen molar-refractivity contribution >= 4 is 46.6 Å². The lowest BCUT2D eigenvalue weighted by Gasteiger charge is -2.31. The lowest BCUT2D eigenvalue weighted by molar-refractivity contribution is -0.172. The highest BCUT2D eigenvalue weighted by atomic mass is 16.6. The molecular weight excluding hydrogens is 787 g/mol. The van der Waals surface area contributed by atoms with Crippen LogP contribution in [0.1, 0.15) is 68.9 Å². The molecule has 4 N–H and O–H groups in total. The van der Waals surface area contributed by atoms with E-state index >= 15 is 0 Å². The molecule has 0 spiro atoms. The summed E-state index contributed by atoms with van der Waals surface area (Å²) in [6.45, 7) is 9.39. The fourth-order valence-electron chi connectivity index (χ4n) is 7.60. The molecule has 4 aromatic rings. The summed E-state index contributed by atoms with van der Waals surface area (Å²) in [6, 6.07) is 12.4. The molecule has 2 aromatic carbocycles. The van der Waals surface area contributed by atoms with Crippen molar-refractivity contribution in [1.82, 2.24) is 30.0 Å². The Hall–Kier alpha value is -6.33. The molecule has 17 nitrogen and oxygen atoms in total. The molecule has 0 unspecified atom stereocenters. The van der Waals surface area contributed by atoms with Crippen molar-refractivity contribution < 1.29 is 43.3 Å². The number of aryl methyl sites for hydroxylation is 1. The molecule has 0 fully saturated rings. The predicted octanol–water partition coefficient (Wildman–Crippen LogP) is 4.03. The number of carbonyl (C=O) groups is 5. The zero-order valence-corrected chi connectivity index (χ0v) is 35.7. The average molecular weight is 840 g/mol. The first kappa shape index (κ1) is 44.2. The Bertz CT molecular complexity index is 2430. The summed E-state index contributed by atoms with van der Waals surface area (Å²) in [6.07, 6.45) is -0.603. The Morgan fingerprint density at radius 3 is 2.28 bits per heavy atom. The van der Waals surface area contributed by atoms with Crippen LogP contribution in [-0.4, -0.2) is 101 Å². The SMILES string of the molecule is CCc1c2c(nc3ccc(OC(=O)N(C)CCN(C)C(=O)OCc4ccc(NC(=O)[C@H](C)NC(=O)[C@@H](NC)C(C)C)cc4)cc13)-c1cc3c(c(=O)n1C2)COC(=O)[C@]3(O)CC. The first-order chi connectivity index (χ1) is 29.0. The summed E-state index contributed by atoms with van der Waals surface area (Å²) in [7, 11) is 4.81. The van der Waals surface area contributed by atoms with Crippen LogP contribution in [0.25, 0.3) is 22.3 Å². The molecule has 0 aliphatic carbocycles. The van der Waals surface area contributed by atoms with Gasteiger partial charge in [0.2, 0.25) is 11.8 Å². The van der Waals surface area contributed by atoms with E-state index in [0.29, 0.717) is 34.6 Å². The van der Waals surface area contributed by atoms with Gasteiger partial charge >= 0.3 is 18.2 Å². The minimum atomic E-state index is -1.93. The van der Waals surface area contributed by atoms with Gasteiger partial charge in [-0.3, -0.25) is 14.4 Å². The molecule has 4 amide bonds. The van der Waals surface area contributed by atoms with Crippen LogP contribution in [0.4, 0.5) is 15.3 Å². The van der Waals surface area contributed by atoms with Gasteiger partial charge < -0.3 is 49.6 Å². The number of esters is 1. The summed E-state index contributed by atoms with van der Waals surface area (Å²) >= 11 is 0. The van der Waals surface area contributed by atoms with E-state index in [1.54, 1.807) is 88.1 Å². The fraction of sp³-hybridized carbons (Fsp3) is 0.432. The van der Waals surface area contributed by atoms with Crippen molar-refractivity contribution in [1.29, 1.82) is 0 Å². The number of pyridine rings is 2. The first-order valence-electron chi connectivity index (χ1n) is 20.3. The van der Waals surface area contributed by atoms with Gasteiger partial charge in [0.25, 0.3) is 5.56 Å². The van der Waals surface area contributed by atoms with Gasteiger partial charge in [0.05, 0.1) is 35.1 Å². The van der Waals surface area contributed by atoms with E-state index in [9.17, 15) is 33.9 Å². The standard InChI is InChI=1S/C44H53N7O10/c1-9-29-30-19-28(15-16-34(30)48-37-31(29)21-51-35(37)20-33-32(40(51)54)23-59-41(55)44(33,58)10-2)61-43(57)50(8)18-17-49(7)42(56)60-22-26-11-13-27(14-12-26)47-38(52)25(5)46-39(53)36(45-6)24(3)4/h11-16,19-20,24-25,36,45,58H,9-10,17-18,21-23H2,1-8H3,(H,46,53)(H,47,52)/t25-,36-,44-/m0/s1. The highest BCUT2D eigenvalue weighted by Crippen LogP contribution is 2.40. The first-order valence-corrected chi connectivity index (χ1v) is 20.3. The van der Waals surface area contributed by atoms with Gasteiger partial charge in [-0.1, -0.05) is 39.8 Å². The molecule has 61 heavy (non-hydrogen) atoms. The summed E-state index contributed by atoms with van der Waals surface area (Å²) in [5, 5.41) is 20.4. The monoisotopic (exact) mass is 839 g/mol.